The van der Waals surface area contributed by atoms with Gasteiger partial charge >= 0.3 is 5.69 Å². The second kappa shape index (κ2) is 7.84. The molecular formula is C12H21N3O3. The van der Waals surface area contributed by atoms with Gasteiger partial charge < -0.3 is 14.6 Å². The lowest BCUT2D eigenvalue weighted by atomic mass is 10.5. The van der Waals surface area contributed by atoms with Gasteiger partial charge in [0.1, 0.15) is 0 Å². The fraction of sp³-hybridized carbons (Fsp3) is 0.667. The summed E-state index contributed by atoms with van der Waals surface area (Å²) < 4.78 is 7.94. The highest BCUT2D eigenvalue weighted by Gasteiger charge is 2.03. The molecule has 0 saturated heterocycles. The van der Waals surface area contributed by atoms with Gasteiger partial charge in [-0.05, 0) is 13.8 Å². The first-order valence-electron chi connectivity index (χ1n) is 6.29. The second-order valence-electron chi connectivity index (χ2n) is 3.82. The van der Waals surface area contributed by atoms with Crippen LogP contribution in [0.5, 0.6) is 0 Å². The van der Waals surface area contributed by atoms with Gasteiger partial charge in [0.25, 0.3) is 5.56 Å². The van der Waals surface area contributed by atoms with E-state index in [1.54, 1.807) is 0 Å². The van der Waals surface area contributed by atoms with Gasteiger partial charge in [-0.2, -0.15) is 0 Å². The first-order chi connectivity index (χ1) is 8.70. The molecule has 0 aliphatic heterocycles. The molecule has 1 rings (SSSR count). The summed E-state index contributed by atoms with van der Waals surface area (Å²) in [6, 6.07) is 1.42. The summed E-state index contributed by atoms with van der Waals surface area (Å²) in [5, 5.41) is 3.13. The third-order valence-corrected chi connectivity index (χ3v) is 2.62. The van der Waals surface area contributed by atoms with E-state index in [2.05, 4.69) is 5.32 Å². The van der Waals surface area contributed by atoms with Crippen molar-refractivity contribution < 1.29 is 4.74 Å². The third-order valence-electron chi connectivity index (χ3n) is 2.62. The molecular weight excluding hydrogens is 234 g/mol. The van der Waals surface area contributed by atoms with Crippen LogP contribution in [0.2, 0.25) is 0 Å². The number of nitrogens with zero attached hydrogens (tertiary/aromatic N) is 2. The molecule has 102 valence electrons. The molecule has 0 spiro atoms. The van der Waals surface area contributed by atoms with Crippen LogP contribution in [0.25, 0.3) is 0 Å². The van der Waals surface area contributed by atoms with Gasteiger partial charge in [0.05, 0.1) is 6.61 Å². The van der Waals surface area contributed by atoms with Crippen LogP contribution < -0.4 is 16.6 Å². The second-order valence-corrected chi connectivity index (χ2v) is 3.82. The normalized spacial score (nSPS) is 10.8. The minimum absolute atomic E-state index is 0.253. The van der Waals surface area contributed by atoms with Crippen LogP contribution in [0.15, 0.2) is 21.9 Å². The van der Waals surface area contributed by atoms with Gasteiger partial charge in [-0.25, -0.2) is 4.79 Å². The predicted octanol–water partition coefficient (Wildman–Crippen LogP) is -0.344. The van der Waals surface area contributed by atoms with Crippen molar-refractivity contribution in [3.8, 4) is 0 Å². The van der Waals surface area contributed by atoms with Crippen molar-refractivity contribution in [3.05, 3.63) is 33.1 Å². The minimum Gasteiger partial charge on any atom is -0.380 e. The number of aryl methyl sites for hydroxylation is 1. The van der Waals surface area contributed by atoms with Crippen molar-refractivity contribution in [3.63, 3.8) is 0 Å². The van der Waals surface area contributed by atoms with Crippen LogP contribution in [-0.2, 0) is 17.8 Å². The van der Waals surface area contributed by atoms with Crippen molar-refractivity contribution >= 4 is 0 Å². The number of aromatic nitrogens is 2. The number of hydrogen-bond donors (Lipinski definition) is 1. The molecule has 0 amide bonds. The zero-order valence-electron chi connectivity index (χ0n) is 11.0. The molecule has 0 aliphatic carbocycles. The molecule has 1 N–H and O–H groups in total. The highest BCUT2D eigenvalue weighted by molar-refractivity contribution is 4.86. The van der Waals surface area contributed by atoms with E-state index in [-0.39, 0.29) is 11.2 Å². The quantitative estimate of drug-likeness (QED) is 0.645. The first kappa shape index (κ1) is 14.7. The van der Waals surface area contributed by atoms with Crippen LogP contribution in [0, 0.1) is 0 Å². The summed E-state index contributed by atoms with van der Waals surface area (Å²) in [5.41, 5.74) is -0.507. The van der Waals surface area contributed by atoms with Gasteiger partial charge in [-0.1, -0.05) is 0 Å². The van der Waals surface area contributed by atoms with E-state index < -0.39 is 0 Å². The van der Waals surface area contributed by atoms with E-state index in [9.17, 15) is 9.59 Å². The topological polar surface area (TPSA) is 65.3 Å². The molecule has 6 heteroatoms. The first-order valence-corrected chi connectivity index (χ1v) is 6.29. The lowest BCUT2D eigenvalue weighted by Crippen LogP contribution is -2.41. The molecule has 0 bridgehead atoms. The molecule has 0 fully saturated rings. The van der Waals surface area contributed by atoms with Gasteiger partial charge in [-0.15, -0.1) is 0 Å². The smallest absolute Gasteiger partial charge is 0.330 e. The van der Waals surface area contributed by atoms with Gasteiger partial charge in [0.15, 0.2) is 0 Å². The van der Waals surface area contributed by atoms with E-state index in [0.29, 0.717) is 32.8 Å². The molecule has 0 saturated carbocycles. The Morgan fingerprint density at radius 1 is 1.28 bits per heavy atom. The Morgan fingerprint density at radius 2 is 2.06 bits per heavy atom. The van der Waals surface area contributed by atoms with Crippen molar-refractivity contribution in [2.75, 3.05) is 26.3 Å². The molecule has 0 unspecified atom stereocenters. The van der Waals surface area contributed by atoms with E-state index in [1.807, 2.05) is 13.8 Å². The zero-order valence-corrected chi connectivity index (χ0v) is 11.0. The molecule has 0 aromatic carbocycles. The summed E-state index contributed by atoms with van der Waals surface area (Å²) in [6.07, 6.45) is 1.53. The van der Waals surface area contributed by atoms with Gasteiger partial charge in [0.2, 0.25) is 0 Å². The maximum Gasteiger partial charge on any atom is 0.330 e. The number of nitrogens with one attached hydrogen (secondary N) is 1. The fourth-order valence-corrected chi connectivity index (χ4v) is 1.61. The Kier molecular flexibility index (Phi) is 6.38. The van der Waals surface area contributed by atoms with Crippen LogP contribution in [0.1, 0.15) is 13.8 Å². The minimum atomic E-state index is -0.253. The third kappa shape index (κ3) is 4.12. The number of hydrogen-bond acceptors (Lipinski definition) is 4. The van der Waals surface area contributed by atoms with Crippen molar-refractivity contribution in [1.82, 2.24) is 14.5 Å². The number of rotatable bonds is 8. The van der Waals surface area contributed by atoms with Crippen molar-refractivity contribution in [2.24, 2.45) is 0 Å². The SMILES string of the molecule is CCOCCNCCn1c(=O)ccn(CC)c1=O. The molecule has 6 nitrogen and oxygen atoms in total. The average molecular weight is 255 g/mol. The standard InChI is InChI=1S/C12H21N3O3/c1-3-14-8-5-11(16)15(12(14)17)9-6-13-7-10-18-4-2/h5,8,13H,3-4,6-7,9-10H2,1-2H3. The van der Waals surface area contributed by atoms with Gasteiger partial charge in [-0.3, -0.25) is 9.36 Å². The Bertz CT molecular complexity index is 464. The molecule has 1 aromatic heterocycles. The molecule has 1 heterocycles. The maximum atomic E-state index is 11.9. The van der Waals surface area contributed by atoms with E-state index in [1.165, 1.54) is 21.4 Å². The maximum absolute atomic E-state index is 11.9. The molecule has 0 atom stereocenters. The number of ether oxygens (including phenoxy) is 1. The molecule has 1 aromatic rings. The Labute approximate surface area is 106 Å². The largest absolute Gasteiger partial charge is 0.380 e. The lowest BCUT2D eigenvalue weighted by molar-refractivity contribution is 0.149. The highest BCUT2D eigenvalue weighted by Crippen LogP contribution is 1.78. The molecule has 0 radical (unpaired) electrons. The fourth-order valence-electron chi connectivity index (χ4n) is 1.61. The van der Waals surface area contributed by atoms with Crippen molar-refractivity contribution in [2.45, 2.75) is 26.9 Å². The van der Waals surface area contributed by atoms with Crippen LogP contribution in [-0.4, -0.2) is 35.4 Å². The van der Waals surface area contributed by atoms with Gasteiger partial charge in [0, 0.05) is 45.0 Å². The summed E-state index contributed by atoms with van der Waals surface area (Å²) in [7, 11) is 0. The summed E-state index contributed by atoms with van der Waals surface area (Å²) >= 11 is 0. The Balaban J connectivity index is 2.52. The van der Waals surface area contributed by atoms with Crippen LogP contribution in [0.4, 0.5) is 0 Å². The Hall–Kier alpha value is -1.40. The van der Waals surface area contributed by atoms with E-state index in [4.69, 9.17) is 4.74 Å². The molecule has 0 aliphatic rings. The zero-order chi connectivity index (χ0) is 13.4. The summed E-state index contributed by atoms with van der Waals surface area (Å²) in [5.74, 6) is 0. The predicted molar refractivity (Wildman–Crippen MR) is 70.0 cm³/mol. The lowest BCUT2D eigenvalue weighted by Gasteiger charge is -2.09. The average Bonchev–Trinajstić information content (AvgIpc) is 2.37. The van der Waals surface area contributed by atoms with Crippen LogP contribution >= 0.6 is 0 Å². The highest BCUT2D eigenvalue weighted by atomic mass is 16.5. The Morgan fingerprint density at radius 3 is 2.72 bits per heavy atom. The summed E-state index contributed by atoms with van der Waals surface area (Å²) in [4.78, 5) is 23.4. The molecule has 18 heavy (non-hydrogen) atoms. The van der Waals surface area contributed by atoms with E-state index in [0.717, 1.165) is 6.54 Å². The van der Waals surface area contributed by atoms with Crippen LogP contribution in [0.3, 0.4) is 0 Å². The monoisotopic (exact) mass is 255 g/mol. The summed E-state index contributed by atoms with van der Waals surface area (Å²) in [6.45, 7) is 7.39. The van der Waals surface area contributed by atoms with Crippen molar-refractivity contribution in [1.29, 1.82) is 0 Å². The van der Waals surface area contributed by atoms with E-state index >= 15 is 0 Å².